The highest BCUT2D eigenvalue weighted by molar-refractivity contribution is 5.93. The van der Waals surface area contributed by atoms with E-state index in [9.17, 15) is 24.0 Å². The Hall–Kier alpha value is -4.09. The van der Waals surface area contributed by atoms with E-state index in [1.54, 1.807) is 62.4 Å². The van der Waals surface area contributed by atoms with Crippen LogP contribution in [0.1, 0.15) is 187 Å². The number of aryl methyl sites for hydroxylation is 2. The van der Waals surface area contributed by atoms with Crippen molar-refractivity contribution in [1.29, 1.82) is 0 Å². The summed E-state index contributed by atoms with van der Waals surface area (Å²) in [6.07, 6.45) is 16.9. The molecule has 0 N–H and O–H groups in total. The predicted octanol–water partition coefficient (Wildman–Crippen LogP) is 11.7. The predicted molar refractivity (Wildman–Crippen MR) is 213 cm³/mol. The molecular formula is C45H66O11. The number of carbonyl (C=O) groups excluding carboxylic acids is 5. The second-order valence-electron chi connectivity index (χ2n) is 14.6. The average Bonchev–Trinajstić information content (AvgIpc) is 3.18. The molecule has 0 saturated heterocycles. The molecule has 0 heterocycles. The summed E-state index contributed by atoms with van der Waals surface area (Å²) in [6.45, 7) is 7.85. The Morgan fingerprint density at radius 3 is 1.07 bits per heavy atom. The average molecular weight is 783 g/mol. The van der Waals surface area contributed by atoms with Crippen molar-refractivity contribution < 1.29 is 53.0 Å². The molecule has 56 heavy (non-hydrogen) atoms. The zero-order valence-electron chi connectivity index (χ0n) is 34.3. The number of ether oxygens (including phenoxy) is 2. The van der Waals surface area contributed by atoms with Crippen molar-refractivity contribution >= 4 is 30.0 Å². The van der Waals surface area contributed by atoms with E-state index < -0.39 is 42.2 Å². The van der Waals surface area contributed by atoms with Gasteiger partial charge in [-0.15, -0.1) is 0 Å². The first-order chi connectivity index (χ1) is 27.2. The van der Waals surface area contributed by atoms with Gasteiger partial charge < -0.3 is 9.47 Å². The molecule has 0 amide bonds. The number of hydrogen-bond acceptors (Lipinski definition) is 11. The van der Waals surface area contributed by atoms with E-state index in [-0.39, 0.29) is 24.0 Å². The topological polar surface area (TPSA) is 141 Å². The summed E-state index contributed by atoms with van der Waals surface area (Å²) in [5.74, 6) is -3.99. The molecular weight excluding hydrogens is 716 g/mol. The molecule has 0 aliphatic heterocycles. The van der Waals surface area contributed by atoms with Crippen molar-refractivity contribution in [3.8, 4) is 0 Å². The van der Waals surface area contributed by atoms with E-state index in [1.165, 1.54) is 64.2 Å². The molecule has 0 aliphatic carbocycles. The van der Waals surface area contributed by atoms with Crippen LogP contribution in [-0.2, 0) is 38.6 Å². The molecule has 2 atom stereocenters. The summed E-state index contributed by atoms with van der Waals surface area (Å²) < 4.78 is 9.71. The molecule has 11 nitrogen and oxygen atoms in total. The Morgan fingerprint density at radius 2 is 0.750 bits per heavy atom. The van der Waals surface area contributed by atoms with Crippen molar-refractivity contribution in [2.24, 2.45) is 0 Å². The third-order valence-electron chi connectivity index (χ3n) is 9.74. The first-order valence-electron chi connectivity index (χ1n) is 21.0. The summed E-state index contributed by atoms with van der Waals surface area (Å²) >= 11 is 0. The van der Waals surface area contributed by atoms with Crippen LogP contribution in [0.2, 0.25) is 0 Å². The van der Waals surface area contributed by atoms with Crippen LogP contribution in [0, 0.1) is 13.8 Å². The summed E-state index contributed by atoms with van der Waals surface area (Å²) in [4.78, 5) is 85.0. The van der Waals surface area contributed by atoms with Crippen molar-refractivity contribution in [2.75, 3.05) is 0 Å². The Morgan fingerprint density at radius 1 is 0.446 bits per heavy atom. The van der Waals surface area contributed by atoms with E-state index in [0.29, 0.717) is 24.0 Å². The standard InChI is InChI=1S/C45H66O11/c1-5-7-9-11-13-15-17-19-21-23-33-39(53-55-41(46)37-31-27-25-29-35(37)3)43(48)51-45(50)52-44(49)40(34-24-22-20-18-16-14-12-10-8-6-2)54-56-42(47)38-32-28-26-30-36(38)4/h25-32,39-40H,5-24,33-34H2,1-4H3. The fourth-order valence-corrected chi connectivity index (χ4v) is 6.26. The van der Waals surface area contributed by atoms with Crippen LogP contribution in [0.4, 0.5) is 4.79 Å². The lowest BCUT2D eigenvalue weighted by molar-refractivity contribution is -0.276. The molecule has 0 aromatic heterocycles. The second-order valence-corrected chi connectivity index (χ2v) is 14.6. The number of rotatable bonds is 30. The van der Waals surface area contributed by atoms with Crippen molar-refractivity contribution in [2.45, 2.75) is 181 Å². The molecule has 0 fully saturated rings. The Kier molecular flexibility index (Phi) is 25.8. The van der Waals surface area contributed by atoms with Gasteiger partial charge in [0.25, 0.3) is 0 Å². The van der Waals surface area contributed by atoms with Gasteiger partial charge in [0, 0.05) is 0 Å². The molecule has 2 aromatic rings. The van der Waals surface area contributed by atoms with E-state index in [2.05, 4.69) is 13.8 Å². The molecule has 0 aliphatic rings. The minimum Gasteiger partial charge on any atom is -0.358 e. The maximum atomic E-state index is 13.1. The molecule has 0 spiro atoms. The first-order valence-corrected chi connectivity index (χ1v) is 21.0. The molecule has 312 valence electrons. The molecule has 0 saturated carbocycles. The minimum absolute atomic E-state index is 0.0942. The smallest absolute Gasteiger partial charge is 0.358 e. The highest BCUT2D eigenvalue weighted by Crippen LogP contribution is 2.18. The monoisotopic (exact) mass is 782 g/mol. The summed E-state index contributed by atoms with van der Waals surface area (Å²) in [5.41, 5.74) is 1.80. The molecule has 0 bridgehead atoms. The number of benzene rings is 2. The van der Waals surface area contributed by atoms with E-state index >= 15 is 0 Å². The van der Waals surface area contributed by atoms with E-state index in [4.69, 9.17) is 29.0 Å². The summed E-state index contributed by atoms with van der Waals surface area (Å²) in [7, 11) is 0. The lowest BCUT2D eigenvalue weighted by Gasteiger charge is -2.16. The highest BCUT2D eigenvalue weighted by atomic mass is 17.2. The Labute approximate surface area is 334 Å². The lowest BCUT2D eigenvalue weighted by Crippen LogP contribution is -2.34. The molecule has 11 heteroatoms. The molecule has 2 rings (SSSR count). The normalized spacial score (nSPS) is 12.1. The number of unbranched alkanes of at least 4 members (excludes halogenated alkanes) is 18. The van der Waals surface area contributed by atoms with Gasteiger partial charge in [0.15, 0.2) is 0 Å². The van der Waals surface area contributed by atoms with Gasteiger partial charge in [-0.05, 0) is 49.9 Å². The largest absolute Gasteiger partial charge is 0.524 e. The van der Waals surface area contributed by atoms with Gasteiger partial charge in [-0.1, -0.05) is 179 Å². The van der Waals surface area contributed by atoms with Crippen molar-refractivity contribution in [3.63, 3.8) is 0 Å². The maximum Gasteiger partial charge on any atom is 0.524 e. The van der Waals surface area contributed by atoms with Crippen LogP contribution in [-0.4, -0.2) is 42.2 Å². The fraction of sp³-hybridized carbons (Fsp3) is 0.622. The van der Waals surface area contributed by atoms with Gasteiger partial charge in [0.2, 0.25) is 12.2 Å². The van der Waals surface area contributed by atoms with Crippen LogP contribution < -0.4 is 0 Å². The van der Waals surface area contributed by atoms with Crippen LogP contribution in [0.25, 0.3) is 0 Å². The zero-order chi connectivity index (χ0) is 40.8. The molecule has 0 radical (unpaired) electrons. The maximum absolute atomic E-state index is 13.1. The first kappa shape index (κ1) is 48.1. The van der Waals surface area contributed by atoms with Gasteiger partial charge in [0.05, 0.1) is 11.1 Å². The molecule has 2 aromatic carbocycles. The quantitative estimate of drug-likeness (QED) is 0.0246. The fourth-order valence-electron chi connectivity index (χ4n) is 6.26. The SMILES string of the molecule is CCCCCCCCCCCCC(OOC(=O)c1ccccc1C)C(=O)OC(=O)OC(=O)C(CCCCCCCCCCCC)OOC(=O)c1ccccc1C. The highest BCUT2D eigenvalue weighted by Gasteiger charge is 2.32. The van der Waals surface area contributed by atoms with Gasteiger partial charge in [0.1, 0.15) is 0 Å². The van der Waals surface area contributed by atoms with Crippen LogP contribution in [0.3, 0.4) is 0 Å². The number of esters is 2. The van der Waals surface area contributed by atoms with Gasteiger partial charge in [-0.25, -0.2) is 24.0 Å². The van der Waals surface area contributed by atoms with E-state index in [1.807, 2.05) is 0 Å². The van der Waals surface area contributed by atoms with E-state index in [0.717, 1.165) is 51.4 Å². The molecule has 2 unspecified atom stereocenters. The number of carbonyl (C=O) groups is 5. The summed E-state index contributed by atoms with van der Waals surface area (Å²) in [5, 5.41) is 0. The Bertz CT molecular complexity index is 1330. The second kappa shape index (κ2) is 30.1. The van der Waals surface area contributed by atoms with Gasteiger partial charge >= 0.3 is 30.0 Å². The lowest BCUT2D eigenvalue weighted by atomic mass is 10.0. The van der Waals surface area contributed by atoms with Crippen molar-refractivity contribution in [1.82, 2.24) is 0 Å². The van der Waals surface area contributed by atoms with Crippen LogP contribution in [0.15, 0.2) is 48.5 Å². The third-order valence-corrected chi connectivity index (χ3v) is 9.74. The van der Waals surface area contributed by atoms with Gasteiger partial charge in [-0.2, -0.15) is 9.78 Å². The van der Waals surface area contributed by atoms with Gasteiger partial charge in [-0.3, -0.25) is 9.78 Å². The minimum atomic E-state index is -1.61. The van der Waals surface area contributed by atoms with Crippen LogP contribution in [0.5, 0.6) is 0 Å². The zero-order valence-corrected chi connectivity index (χ0v) is 34.3. The Balaban J connectivity index is 1.97. The van der Waals surface area contributed by atoms with Crippen molar-refractivity contribution in [3.05, 3.63) is 70.8 Å². The summed E-state index contributed by atoms with van der Waals surface area (Å²) in [6, 6.07) is 13.5. The third kappa shape index (κ3) is 20.7. The number of hydrogen-bond donors (Lipinski definition) is 0. The van der Waals surface area contributed by atoms with Crippen LogP contribution >= 0.6 is 0 Å².